The molecule has 0 bridgehead atoms. The second-order valence-corrected chi connectivity index (χ2v) is 6.61. The number of rotatable bonds is 8. The summed E-state index contributed by atoms with van der Waals surface area (Å²) >= 11 is 0. The fourth-order valence-electron chi connectivity index (χ4n) is 2.93. The molecule has 3 aromatic rings. The van der Waals surface area contributed by atoms with Crippen LogP contribution >= 0.6 is 0 Å². The first-order valence-electron chi connectivity index (χ1n) is 9.28. The van der Waals surface area contributed by atoms with Crippen molar-refractivity contribution in [1.82, 2.24) is 9.88 Å². The van der Waals surface area contributed by atoms with Crippen LogP contribution in [0.15, 0.2) is 65.7 Å². The average Bonchev–Trinajstić information content (AvgIpc) is 3.21. The topological polar surface area (TPSA) is 70.1 Å². The summed E-state index contributed by atoms with van der Waals surface area (Å²) in [5.41, 5.74) is 1.56. The number of nitriles is 1. The lowest BCUT2D eigenvalue weighted by atomic mass is 10.1. The van der Waals surface area contributed by atoms with Gasteiger partial charge >= 0.3 is 0 Å². The second-order valence-electron chi connectivity index (χ2n) is 6.61. The van der Waals surface area contributed by atoms with Gasteiger partial charge in [-0.2, -0.15) is 5.26 Å². The van der Waals surface area contributed by atoms with E-state index >= 15 is 0 Å². The first-order valence-corrected chi connectivity index (χ1v) is 9.28. The van der Waals surface area contributed by atoms with Crippen molar-refractivity contribution in [3.63, 3.8) is 0 Å². The van der Waals surface area contributed by atoms with Crippen LogP contribution in [-0.2, 0) is 17.8 Å². The number of aryl methyl sites for hydroxylation is 1. The van der Waals surface area contributed by atoms with Crippen molar-refractivity contribution >= 4 is 5.91 Å². The fourth-order valence-corrected chi connectivity index (χ4v) is 2.93. The Hall–Kier alpha value is -3.79. The van der Waals surface area contributed by atoms with Gasteiger partial charge in [0.15, 0.2) is 11.7 Å². The Morgan fingerprint density at radius 3 is 2.67 bits per heavy atom. The Labute approximate surface area is 172 Å². The van der Waals surface area contributed by atoms with Crippen LogP contribution < -0.4 is 0 Å². The summed E-state index contributed by atoms with van der Waals surface area (Å²) < 4.78 is 32.5. The van der Waals surface area contributed by atoms with Gasteiger partial charge in [0.25, 0.3) is 0 Å². The Morgan fingerprint density at radius 1 is 1.23 bits per heavy atom. The summed E-state index contributed by atoms with van der Waals surface area (Å²) in [6, 6.07) is 12.3. The largest absolute Gasteiger partial charge is 0.441 e. The summed E-state index contributed by atoms with van der Waals surface area (Å²) in [4.78, 5) is 18.4. The predicted molar refractivity (Wildman–Crippen MR) is 107 cm³/mol. The minimum Gasteiger partial charge on any atom is -0.441 e. The van der Waals surface area contributed by atoms with Gasteiger partial charge < -0.3 is 9.32 Å². The molecule has 0 N–H and O–H groups in total. The van der Waals surface area contributed by atoms with Crippen LogP contribution in [0, 0.1) is 23.0 Å². The number of benzene rings is 2. The van der Waals surface area contributed by atoms with Crippen LogP contribution in [-0.4, -0.2) is 22.3 Å². The minimum absolute atomic E-state index is 0.107. The SMILES string of the molecule is C=CCN(Cc1ccc(C#N)cc1)C(=O)CCc1ncc(-c2ccc(F)cc2F)o1. The lowest BCUT2D eigenvalue weighted by Gasteiger charge is -2.21. The standard InChI is InChI=1S/C23H19F2N3O2/c1-2-11-28(15-17-5-3-16(13-26)4-6-17)23(29)10-9-22-27-14-21(30-22)19-8-7-18(24)12-20(19)25/h2-8,12,14H,1,9-11,15H2. The summed E-state index contributed by atoms with van der Waals surface area (Å²) in [7, 11) is 0. The molecular formula is C23H19F2N3O2. The lowest BCUT2D eigenvalue weighted by molar-refractivity contribution is -0.131. The molecule has 0 unspecified atom stereocenters. The number of halogens is 2. The Morgan fingerprint density at radius 2 is 2.00 bits per heavy atom. The van der Waals surface area contributed by atoms with Gasteiger partial charge in [0.2, 0.25) is 5.91 Å². The highest BCUT2D eigenvalue weighted by Crippen LogP contribution is 2.24. The minimum atomic E-state index is -0.742. The van der Waals surface area contributed by atoms with Crippen LogP contribution in [0.5, 0.6) is 0 Å². The van der Waals surface area contributed by atoms with E-state index in [2.05, 4.69) is 17.6 Å². The summed E-state index contributed by atoms with van der Waals surface area (Å²) in [5, 5.41) is 8.88. The molecule has 3 rings (SSSR count). The monoisotopic (exact) mass is 407 g/mol. The maximum absolute atomic E-state index is 13.9. The summed E-state index contributed by atoms with van der Waals surface area (Å²) in [6.45, 7) is 4.45. The smallest absolute Gasteiger partial charge is 0.223 e. The number of hydrogen-bond donors (Lipinski definition) is 0. The molecule has 0 fully saturated rings. The van der Waals surface area contributed by atoms with Crippen molar-refractivity contribution in [3.05, 3.63) is 90.0 Å². The zero-order valence-corrected chi connectivity index (χ0v) is 16.1. The van der Waals surface area contributed by atoms with E-state index in [1.54, 1.807) is 35.2 Å². The lowest BCUT2D eigenvalue weighted by Crippen LogP contribution is -2.30. The first-order chi connectivity index (χ1) is 14.5. The van der Waals surface area contributed by atoms with E-state index in [4.69, 9.17) is 9.68 Å². The van der Waals surface area contributed by atoms with E-state index in [9.17, 15) is 13.6 Å². The summed E-state index contributed by atoms with van der Waals surface area (Å²) in [6.07, 6.45) is 3.38. The van der Waals surface area contributed by atoms with Crippen molar-refractivity contribution in [3.8, 4) is 17.4 Å². The van der Waals surface area contributed by atoms with Gasteiger partial charge in [0.1, 0.15) is 11.6 Å². The van der Waals surface area contributed by atoms with Crippen molar-refractivity contribution in [1.29, 1.82) is 5.26 Å². The van der Waals surface area contributed by atoms with Crippen LogP contribution in [0.25, 0.3) is 11.3 Å². The molecule has 1 aromatic heterocycles. The maximum Gasteiger partial charge on any atom is 0.223 e. The zero-order valence-electron chi connectivity index (χ0n) is 16.1. The molecular weight excluding hydrogens is 388 g/mol. The molecule has 30 heavy (non-hydrogen) atoms. The highest BCUT2D eigenvalue weighted by molar-refractivity contribution is 5.76. The normalized spacial score (nSPS) is 10.4. The molecule has 0 radical (unpaired) electrons. The number of aromatic nitrogens is 1. The molecule has 5 nitrogen and oxygen atoms in total. The molecule has 0 saturated carbocycles. The number of carbonyl (C=O) groups is 1. The van der Waals surface area contributed by atoms with Gasteiger partial charge in [-0.15, -0.1) is 6.58 Å². The molecule has 7 heteroatoms. The highest BCUT2D eigenvalue weighted by Gasteiger charge is 2.16. The van der Waals surface area contributed by atoms with E-state index in [0.29, 0.717) is 24.5 Å². The van der Waals surface area contributed by atoms with E-state index in [1.165, 1.54) is 12.3 Å². The average molecular weight is 407 g/mol. The van der Waals surface area contributed by atoms with Crippen molar-refractivity contribution in [2.45, 2.75) is 19.4 Å². The molecule has 1 heterocycles. The summed E-state index contributed by atoms with van der Waals surface area (Å²) in [5.74, 6) is -1.07. The van der Waals surface area contributed by atoms with Gasteiger partial charge in [0, 0.05) is 32.0 Å². The zero-order chi connectivity index (χ0) is 21.5. The Kier molecular flexibility index (Phi) is 6.71. The van der Waals surface area contributed by atoms with Crippen molar-refractivity contribution in [2.75, 3.05) is 6.54 Å². The van der Waals surface area contributed by atoms with Crippen molar-refractivity contribution in [2.24, 2.45) is 0 Å². The molecule has 0 atom stereocenters. The van der Waals surface area contributed by atoms with E-state index in [-0.39, 0.29) is 30.1 Å². The van der Waals surface area contributed by atoms with Gasteiger partial charge in [-0.05, 0) is 29.8 Å². The molecule has 0 aliphatic heterocycles. The van der Waals surface area contributed by atoms with E-state index in [0.717, 1.165) is 17.7 Å². The number of oxazole rings is 1. The quantitative estimate of drug-likeness (QED) is 0.510. The van der Waals surface area contributed by atoms with Crippen LogP contribution in [0.2, 0.25) is 0 Å². The van der Waals surface area contributed by atoms with Gasteiger partial charge in [0.05, 0.1) is 23.4 Å². The van der Waals surface area contributed by atoms with Gasteiger partial charge in [-0.1, -0.05) is 18.2 Å². The Balaban J connectivity index is 1.63. The van der Waals surface area contributed by atoms with E-state index in [1.807, 2.05) is 0 Å². The molecule has 0 saturated heterocycles. The third kappa shape index (κ3) is 5.17. The molecule has 0 aliphatic carbocycles. The highest BCUT2D eigenvalue weighted by atomic mass is 19.1. The van der Waals surface area contributed by atoms with Crippen molar-refractivity contribution < 1.29 is 18.0 Å². The van der Waals surface area contributed by atoms with Gasteiger partial charge in [-0.3, -0.25) is 4.79 Å². The van der Waals surface area contributed by atoms with Crippen LogP contribution in [0.1, 0.15) is 23.4 Å². The number of nitrogens with zero attached hydrogens (tertiary/aromatic N) is 3. The van der Waals surface area contributed by atoms with Crippen LogP contribution in [0.4, 0.5) is 8.78 Å². The number of carbonyl (C=O) groups excluding carboxylic acids is 1. The third-order valence-corrected chi connectivity index (χ3v) is 4.46. The molecule has 0 aliphatic rings. The fraction of sp³-hybridized carbons (Fsp3) is 0.174. The van der Waals surface area contributed by atoms with Gasteiger partial charge in [-0.25, -0.2) is 13.8 Å². The molecule has 2 aromatic carbocycles. The number of hydrogen-bond acceptors (Lipinski definition) is 4. The third-order valence-electron chi connectivity index (χ3n) is 4.46. The van der Waals surface area contributed by atoms with Crippen LogP contribution in [0.3, 0.4) is 0 Å². The molecule has 152 valence electrons. The number of amides is 1. The maximum atomic E-state index is 13.9. The second kappa shape index (κ2) is 9.61. The predicted octanol–water partition coefficient (Wildman–Crippen LogP) is 4.64. The van der Waals surface area contributed by atoms with E-state index < -0.39 is 11.6 Å². The molecule has 1 amide bonds. The first kappa shape index (κ1) is 20.9. The molecule has 0 spiro atoms. The Bertz CT molecular complexity index is 1080.